The van der Waals surface area contributed by atoms with Gasteiger partial charge in [-0.05, 0) is 72.9 Å². The highest BCUT2D eigenvalue weighted by atomic mass is 32.1. The van der Waals surface area contributed by atoms with Crippen molar-refractivity contribution in [3.63, 3.8) is 0 Å². The standard InChI is InChI=1S/C22H27NOS/c1-24-17-8-7-16-13-21-19-6-2-3-9-22(19,20(16)14-17)10-11-23(21)15-18-5-4-12-25-18/h4-5,7-8,12,14,19,21H,2-3,6,9-11,13,15H2,1H3/t19-,21+,22+/m0/s1. The van der Waals surface area contributed by atoms with Crippen LogP contribution in [0.5, 0.6) is 5.75 Å². The lowest BCUT2D eigenvalue weighted by Gasteiger charge is -2.59. The van der Waals surface area contributed by atoms with Gasteiger partial charge in [-0.15, -0.1) is 11.3 Å². The van der Waals surface area contributed by atoms with E-state index in [4.69, 9.17) is 4.74 Å². The number of piperidine rings is 1. The number of benzene rings is 1. The van der Waals surface area contributed by atoms with Crippen molar-refractivity contribution in [1.29, 1.82) is 0 Å². The van der Waals surface area contributed by atoms with Crippen LogP contribution in [0.15, 0.2) is 35.7 Å². The number of rotatable bonds is 3. The van der Waals surface area contributed by atoms with E-state index in [1.54, 1.807) is 18.2 Å². The Morgan fingerprint density at radius 3 is 3.04 bits per heavy atom. The fourth-order valence-corrected chi connectivity index (χ4v) is 6.72. The third kappa shape index (κ3) is 2.47. The molecule has 1 aliphatic heterocycles. The van der Waals surface area contributed by atoms with Crippen LogP contribution in [0.25, 0.3) is 0 Å². The summed E-state index contributed by atoms with van der Waals surface area (Å²) in [7, 11) is 1.80. The molecule has 132 valence electrons. The van der Waals surface area contributed by atoms with Gasteiger partial charge in [-0.2, -0.15) is 0 Å². The minimum atomic E-state index is 0.414. The number of hydrogen-bond acceptors (Lipinski definition) is 3. The third-order valence-electron chi connectivity index (χ3n) is 7.10. The molecular formula is C22H27NOS. The van der Waals surface area contributed by atoms with Gasteiger partial charge in [0.25, 0.3) is 0 Å². The number of thiophene rings is 1. The summed E-state index contributed by atoms with van der Waals surface area (Å²) in [6.07, 6.45) is 8.13. The van der Waals surface area contributed by atoms with Crippen molar-refractivity contribution in [2.24, 2.45) is 5.92 Å². The summed E-state index contributed by atoms with van der Waals surface area (Å²) >= 11 is 1.91. The van der Waals surface area contributed by atoms with E-state index >= 15 is 0 Å². The van der Waals surface area contributed by atoms with Crippen molar-refractivity contribution in [3.8, 4) is 5.75 Å². The van der Waals surface area contributed by atoms with Crippen LogP contribution in [0.3, 0.4) is 0 Å². The normalized spacial score (nSPS) is 31.2. The zero-order valence-corrected chi connectivity index (χ0v) is 15.9. The smallest absolute Gasteiger partial charge is 0.119 e. The summed E-state index contributed by atoms with van der Waals surface area (Å²) in [5.41, 5.74) is 3.63. The lowest BCUT2D eigenvalue weighted by atomic mass is 9.52. The Morgan fingerprint density at radius 2 is 2.20 bits per heavy atom. The van der Waals surface area contributed by atoms with E-state index in [2.05, 4.69) is 40.6 Å². The van der Waals surface area contributed by atoms with Crippen LogP contribution in [0.4, 0.5) is 0 Å². The second-order valence-electron chi connectivity index (χ2n) is 8.10. The van der Waals surface area contributed by atoms with Crippen molar-refractivity contribution in [1.82, 2.24) is 4.90 Å². The minimum absolute atomic E-state index is 0.414. The predicted molar refractivity (Wildman–Crippen MR) is 103 cm³/mol. The highest BCUT2D eigenvalue weighted by molar-refractivity contribution is 7.09. The van der Waals surface area contributed by atoms with Gasteiger partial charge < -0.3 is 4.74 Å². The van der Waals surface area contributed by atoms with Crippen molar-refractivity contribution >= 4 is 11.3 Å². The average molecular weight is 354 g/mol. The van der Waals surface area contributed by atoms with Crippen molar-refractivity contribution < 1.29 is 4.74 Å². The van der Waals surface area contributed by atoms with Crippen molar-refractivity contribution in [3.05, 3.63) is 51.7 Å². The van der Waals surface area contributed by atoms with Crippen LogP contribution < -0.4 is 4.74 Å². The average Bonchev–Trinajstić information content (AvgIpc) is 3.17. The molecule has 1 aromatic heterocycles. The highest BCUT2D eigenvalue weighted by Gasteiger charge is 2.53. The molecule has 0 radical (unpaired) electrons. The fraction of sp³-hybridized carbons (Fsp3) is 0.545. The van der Waals surface area contributed by atoms with Gasteiger partial charge in [0.15, 0.2) is 0 Å². The van der Waals surface area contributed by atoms with E-state index < -0.39 is 0 Å². The maximum atomic E-state index is 5.58. The molecule has 1 saturated heterocycles. The van der Waals surface area contributed by atoms with E-state index in [1.807, 2.05) is 11.3 Å². The van der Waals surface area contributed by atoms with Crippen molar-refractivity contribution in [2.45, 2.75) is 56.5 Å². The van der Waals surface area contributed by atoms with Crippen LogP contribution in [0, 0.1) is 5.92 Å². The lowest BCUT2D eigenvalue weighted by molar-refractivity contribution is -0.0152. The Labute approximate surface area is 154 Å². The first-order valence-electron chi connectivity index (χ1n) is 9.74. The minimum Gasteiger partial charge on any atom is -0.497 e. The molecule has 2 aliphatic carbocycles. The predicted octanol–water partition coefficient (Wildman–Crippen LogP) is 5.02. The summed E-state index contributed by atoms with van der Waals surface area (Å²) in [6.45, 7) is 2.39. The Morgan fingerprint density at radius 1 is 1.24 bits per heavy atom. The van der Waals surface area contributed by atoms with Crippen LogP contribution in [0.1, 0.15) is 48.1 Å². The van der Waals surface area contributed by atoms with Gasteiger partial charge in [0.05, 0.1) is 7.11 Å². The maximum Gasteiger partial charge on any atom is 0.119 e. The molecule has 0 spiro atoms. The number of likely N-dealkylation sites (tertiary alicyclic amines) is 1. The first kappa shape index (κ1) is 15.9. The zero-order chi connectivity index (χ0) is 16.9. The first-order valence-corrected chi connectivity index (χ1v) is 10.6. The number of ether oxygens (including phenoxy) is 1. The molecule has 2 fully saturated rings. The second-order valence-corrected chi connectivity index (χ2v) is 9.14. The molecule has 0 unspecified atom stereocenters. The van der Waals surface area contributed by atoms with E-state index in [0.29, 0.717) is 5.41 Å². The molecule has 2 aromatic rings. The molecule has 3 aliphatic rings. The van der Waals surface area contributed by atoms with E-state index in [1.165, 1.54) is 49.9 Å². The van der Waals surface area contributed by atoms with E-state index in [-0.39, 0.29) is 0 Å². The van der Waals surface area contributed by atoms with Gasteiger partial charge in [0, 0.05) is 22.9 Å². The molecule has 5 rings (SSSR count). The Balaban J connectivity index is 1.55. The number of nitrogens with zero attached hydrogens (tertiary/aromatic N) is 1. The number of hydrogen-bond donors (Lipinski definition) is 0. The number of methoxy groups -OCH3 is 1. The highest BCUT2D eigenvalue weighted by Crippen LogP contribution is 2.56. The molecule has 0 N–H and O–H groups in total. The summed E-state index contributed by atoms with van der Waals surface area (Å²) in [5.74, 6) is 1.87. The molecule has 2 bridgehead atoms. The largest absolute Gasteiger partial charge is 0.497 e. The Bertz CT molecular complexity index is 755. The van der Waals surface area contributed by atoms with Crippen LogP contribution in [0.2, 0.25) is 0 Å². The van der Waals surface area contributed by atoms with Gasteiger partial charge in [-0.3, -0.25) is 4.90 Å². The molecule has 3 heteroatoms. The first-order chi connectivity index (χ1) is 12.3. The summed E-state index contributed by atoms with van der Waals surface area (Å²) in [5, 5.41) is 2.21. The van der Waals surface area contributed by atoms with Gasteiger partial charge in [-0.25, -0.2) is 0 Å². The topological polar surface area (TPSA) is 12.5 Å². The molecule has 1 aromatic carbocycles. The molecule has 25 heavy (non-hydrogen) atoms. The van der Waals surface area contributed by atoms with Crippen LogP contribution in [-0.2, 0) is 18.4 Å². The Kier molecular flexibility index (Phi) is 3.90. The number of fused-ring (bicyclic) bond motifs is 1. The fourth-order valence-electron chi connectivity index (χ4n) is 5.99. The maximum absolute atomic E-state index is 5.58. The SMILES string of the molecule is COc1ccc2c(c1)[C@@]13CCCC[C@H]1[C@@H](C2)N(Cc1cccs1)CC3. The Hall–Kier alpha value is -1.32. The molecule has 0 amide bonds. The van der Waals surface area contributed by atoms with Gasteiger partial charge >= 0.3 is 0 Å². The molecule has 3 atom stereocenters. The van der Waals surface area contributed by atoms with Crippen LogP contribution in [-0.4, -0.2) is 24.6 Å². The third-order valence-corrected chi connectivity index (χ3v) is 7.96. The molecule has 2 heterocycles. The molecular weight excluding hydrogens is 326 g/mol. The quantitative estimate of drug-likeness (QED) is 0.768. The van der Waals surface area contributed by atoms with Crippen LogP contribution >= 0.6 is 11.3 Å². The lowest BCUT2D eigenvalue weighted by Crippen LogP contribution is -2.60. The van der Waals surface area contributed by atoms with Gasteiger partial charge in [0.2, 0.25) is 0 Å². The monoisotopic (exact) mass is 353 g/mol. The zero-order valence-electron chi connectivity index (χ0n) is 15.0. The second kappa shape index (κ2) is 6.14. The van der Waals surface area contributed by atoms with E-state index in [9.17, 15) is 0 Å². The summed E-state index contributed by atoms with van der Waals surface area (Å²) < 4.78 is 5.58. The van der Waals surface area contributed by atoms with Gasteiger partial charge in [0.1, 0.15) is 5.75 Å². The van der Waals surface area contributed by atoms with Crippen molar-refractivity contribution in [2.75, 3.05) is 13.7 Å². The van der Waals surface area contributed by atoms with E-state index in [0.717, 1.165) is 24.3 Å². The summed E-state index contributed by atoms with van der Waals surface area (Å²) in [6, 6.07) is 12.1. The molecule has 1 saturated carbocycles. The summed E-state index contributed by atoms with van der Waals surface area (Å²) in [4.78, 5) is 4.32. The molecule has 2 nitrogen and oxygen atoms in total. The van der Waals surface area contributed by atoms with Gasteiger partial charge in [-0.1, -0.05) is 25.0 Å².